The highest BCUT2D eigenvalue weighted by Crippen LogP contribution is 2.09. The van der Waals surface area contributed by atoms with Crippen LogP contribution in [0.1, 0.15) is 32.0 Å². The lowest BCUT2D eigenvalue weighted by atomic mass is 10.2. The van der Waals surface area contributed by atoms with Crippen molar-refractivity contribution in [3.05, 3.63) is 18.2 Å². The third-order valence-corrected chi connectivity index (χ3v) is 3.11. The maximum Gasteiger partial charge on any atom is 0.0948 e. The first-order valence-corrected chi connectivity index (χ1v) is 6.13. The van der Waals surface area contributed by atoms with E-state index in [2.05, 4.69) is 30.8 Å². The van der Waals surface area contributed by atoms with Crippen LogP contribution < -0.4 is 5.73 Å². The van der Waals surface area contributed by atoms with Crippen LogP contribution in [0.3, 0.4) is 0 Å². The van der Waals surface area contributed by atoms with Crippen LogP contribution in [-0.2, 0) is 6.54 Å². The second-order valence-corrected chi connectivity index (χ2v) is 4.73. The van der Waals surface area contributed by atoms with Gasteiger partial charge in [-0.15, -0.1) is 0 Å². The Balaban J connectivity index is 2.44. The van der Waals surface area contributed by atoms with Gasteiger partial charge in [0.15, 0.2) is 0 Å². The molecule has 0 aliphatic rings. The van der Waals surface area contributed by atoms with Crippen LogP contribution in [0.4, 0.5) is 0 Å². The molecule has 0 aliphatic heterocycles. The van der Waals surface area contributed by atoms with Crippen LogP contribution in [0.25, 0.3) is 0 Å². The van der Waals surface area contributed by atoms with Gasteiger partial charge in [-0.05, 0) is 33.9 Å². The summed E-state index contributed by atoms with van der Waals surface area (Å²) in [5, 5.41) is 9.04. The minimum Gasteiger partial charge on any atom is -0.394 e. The van der Waals surface area contributed by atoms with Gasteiger partial charge in [-0.3, -0.25) is 0 Å². The molecular weight excluding hydrogens is 216 g/mol. The Labute approximate surface area is 103 Å². The van der Waals surface area contributed by atoms with Gasteiger partial charge in [-0.2, -0.15) is 0 Å². The highest BCUT2D eigenvalue weighted by atomic mass is 16.3. The van der Waals surface area contributed by atoms with E-state index in [-0.39, 0.29) is 12.6 Å². The van der Waals surface area contributed by atoms with Crippen molar-refractivity contribution in [1.82, 2.24) is 14.5 Å². The van der Waals surface area contributed by atoms with E-state index < -0.39 is 0 Å². The molecule has 0 fully saturated rings. The fraction of sp³-hybridized carbons (Fsp3) is 0.750. The zero-order valence-corrected chi connectivity index (χ0v) is 11.0. The summed E-state index contributed by atoms with van der Waals surface area (Å²) in [5.74, 6) is 0. The van der Waals surface area contributed by atoms with E-state index in [1.807, 2.05) is 4.57 Å². The summed E-state index contributed by atoms with van der Waals surface area (Å²) in [6.45, 7) is 6.26. The van der Waals surface area contributed by atoms with Crippen LogP contribution >= 0.6 is 0 Å². The summed E-state index contributed by atoms with van der Waals surface area (Å²) in [6.07, 6.45) is 4.56. The smallest absolute Gasteiger partial charge is 0.0948 e. The summed E-state index contributed by atoms with van der Waals surface area (Å²) in [7, 11) is 2.12. The standard InChI is InChI=1S/C12H24N4O/c1-10(2)15(3)5-4-6-16-9-14-7-12(16)11(13)8-17/h7,9-11,17H,4-6,8,13H2,1-3H3. The van der Waals surface area contributed by atoms with Gasteiger partial charge in [0.2, 0.25) is 0 Å². The molecular formula is C12H24N4O. The van der Waals surface area contributed by atoms with Crippen LogP contribution in [0.5, 0.6) is 0 Å². The molecule has 1 aromatic heterocycles. The monoisotopic (exact) mass is 240 g/mol. The van der Waals surface area contributed by atoms with Gasteiger partial charge in [0.05, 0.1) is 24.7 Å². The molecule has 98 valence electrons. The van der Waals surface area contributed by atoms with Gasteiger partial charge in [0, 0.05) is 18.8 Å². The fourth-order valence-corrected chi connectivity index (χ4v) is 1.67. The molecule has 1 aromatic rings. The van der Waals surface area contributed by atoms with Crippen molar-refractivity contribution in [2.75, 3.05) is 20.2 Å². The number of aliphatic hydroxyl groups excluding tert-OH is 1. The second-order valence-electron chi connectivity index (χ2n) is 4.73. The molecule has 17 heavy (non-hydrogen) atoms. The molecule has 0 aliphatic carbocycles. The first kappa shape index (κ1) is 14.2. The van der Waals surface area contributed by atoms with Crippen molar-refractivity contribution in [2.24, 2.45) is 5.73 Å². The van der Waals surface area contributed by atoms with Crippen molar-refractivity contribution in [2.45, 2.75) is 38.9 Å². The molecule has 0 saturated carbocycles. The van der Waals surface area contributed by atoms with Gasteiger partial charge < -0.3 is 20.3 Å². The highest BCUT2D eigenvalue weighted by molar-refractivity contribution is 5.04. The molecule has 0 radical (unpaired) electrons. The first-order valence-electron chi connectivity index (χ1n) is 6.13. The molecule has 1 atom stereocenters. The quantitative estimate of drug-likeness (QED) is 0.732. The van der Waals surface area contributed by atoms with Crippen LogP contribution in [0.2, 0.25) is 0 Å². The molecule has 1 rings (SSSR count). The largest absolute Gasteiger partial charge is 0.394 e. The second kappa shape index (κ2) is 6.74. The molecule has 0 aromatic carbocycles. The van der Waals surface area contributed by atoms with E-state index in [9.17, 15) is 0 Å². The van der Waals surface area contributed by atoms with Crippen molar-refractivity contribution < 1.29 is 5.11 Å². The highest BCUT2D eigenvalue weighted by Gasteiger charge is 2.10. The van der Waals surface area contributed by atoms with Gasteiger partial charge >= 0.3 is 0 Å². The molecule has 0 spiro atoms. The van der Waals surface area contributed by atoms with Crippen molar-refractivity contribution in [1.29, 1.82) is 0 Å². The molecule has 3 N–H and O–H groups in total. The van der Waals surface area contributed by atoms with Crippen LogP contribution in [-0.4, -0.2) is 45.8 Å². The predicted molar refractivity (Wildman–Crippen MR) is 68.6 cm³/mol. The Kier molecular flexibility index (Phi) is 5.61. The predicted octanol–water partition coefficient (Wildman–Crippen LogP) is 0.605. The number of nitrogens with two attached hydrogens (primary N) is 1. The Morgan fingerprint density at radius 1 is 1.53 bits per heavy atom. The Morgan fingerprint density at radius 3 is 2.82 bits per heavy atom. The fourth-order valence-electron chi connectivity index (χ4n) is 1.67. The molecule has 5 nitrogen and oxygen atoms in total. The van der Waals surface area contributed by atoms with Gasteiger partial charge in [-0.25, -0.2) is 4.98 Å². The van der Waals surface area contributed by atoms with E-state index >= 15 is 0 Å². The molecule has 0 bridgehead atoms. The van der Waals surface area contributed by atoms with Gasteiger partial charge in [0.25, 0.3) is 0 Å². The summed E-state index contributed by atoms with van der Waals surface area (Å²) >= 11 is 0. The number of aliphatic hydroxyl groups is 1. The van der Waals surface area contributed by atoms with Gasteiger partial charge in [-0.1, -0.05) is 0 Å². The molecule has 1 unspecified atom stereocenters. The Morgan fingerprint density at radius 2 is 2.24 bits per heavy atom. The summed E-state index contributed by atoms with van der Waals surface area (Å²) in [5.41, 5.74) is 6.70. The third kappa shape index (κ3) is 4.11. The average molecular weight is 240 g/mol. The van der Waals surface area contributed by atoms with Crippen molar-refractivity contribution in [3.8, 4) is 0 Å². The third-order valence-electron chi connectivity index (χ3n) is 3.11. The summed E-state index contributed by atoms with van der Waals surface area (Å²) in [6, 6.07) is 0.234. The summed E-state index contributed by atoms with van der Waals surface area (Å²) < 4.78 is 2.02. The van der Waals surface area contributed by atoms with Crippen LogP contribution in [0.15, 0.2) is 12.5 Å². The summed E-state index contributed by atoms with van der Waals surface area (Å²) in [4.78, 5) is 6.39. The number of hydrogen-bond acceptors (Lipinski definition) is 4. The number of imidazole rings is 1. The van der Waals surface area contributed by atoms with E-state index in [0.29, 0.717) is 6.04 Å². The lowest BCUT2D eigenvalue weighted by molar-refractivity contribution is 0.256. The number of nitrogens with zero attached hydrogens (tertiary/aromatic N) is 3. The normalized spacial score (nSPS) is 13.6. The molecule has 0 amide bonds. The zero-order valence-electron chi connectivity index (χ0n) is 11.0. The topological polar surface area (TPSA) is 67.3 Å². The molecule has 1 heterocycles. The van der Waals surface area contributed by atoms with Gasteiger partial charge in [0.1, 0.15) is 0 Å². The van der Waals surface area contributed by atoms with E-state index in [1.165, 1.54) is 0 Å². The van der Waals surface area contributed by atoms with Crippen LogP contribution in [0, 0.1) is 0 Å². The zero-order chi connectivity index (χ0) is 12.8. The van der Waals surface area contributed by atoms with Crippen molar-refractivity contribution >= 4 is 0 Å². The first-order chi connectivity index (χ1) is 8.06. The maximum absolute atomic E-state index is 9.04. The minimum atomic E-state index is -0.333. The number of aromatic nitrogens is 2. The number of hydrogen-bond donors (Lipinski definition) is 2. The lowest BCUT2D eigenvalue weighted by Crippen LogP contribution is -2.28. The SMILES string of the molecule is CC(C)N(C)CCCn1cncc1C(N)CO. The molecule has 5 heteroatoms. The minimum absolute atomic E-state index is 0.0441. The van der Waals surface area contributed by atoms with Crippen molar-refractivity contribution in [3.63, 3.8) is 0 Å². The van der Waals surface area contributed by atoms with E-state index in [1.54, 1.807) is 12.5 Å². The van der Waals surface area contributed by atoms with E-state index in [4.69, 9.17) is 10.8 Å². The Bertz CT molecular complexity index is 324. The average Bonchev–Trinajstić information content (AvgIpc) is 2.76. The number of rotatable bonds is 7. The number of aryl methyl sites for hydroxylation is 1. The Hall–Kier alpha value is -0.910. The molecule has 0 saturated heterocycles. The maximum atomic E-state index is 9.04. The lowest BCUT2D eigenvalue weighted by Gasteiger charge is -2.21. The van der Waals surface area contributed by atoms with E-state index in [0.717, 1.165) is 25.2 Å².